The van der Waals surface area contributed by atoms with Crippen molar-refractivity contribution in [3.8, 4) is 6.07 Å². The first-order chi connectivity index (χ1) is 17.8. The van der Waals surface area contributed by atoms with E-state index in [0.717, 1.165) is 32.1 Å². The number of hydrogen-bond donors (Lipinski definition) is 0. The van der Waals surface area contributed by atoms with Gasteiger partial charge in [-0.2, -0.15) is 5.26 Å². The summed E-state index contributed by atoms with van der Waals surface area (Å²) in [5.74, 6) is -0.0634. The number of unbranched alkanes of at least 4 members (excludes halogenated alkanes) is 3. The number of anilines is 1. The third kappa shape index (κ3) is 6.27. The van der Waals surface area contributed by atoms with E-state index in [1.54, 1.807) is 29.4 Å². The maximum Gasteiger partial charge on any atom is 0.310 e. The van der Waals surface area contributed by atoms with Gasteiger partial charge in [-0.25, -0.2) is 0 Å². The number of piperidine rings is 1. The minimum absolute atomic E-state index is 0.0610. The van der Waals surface area contributed by atoms with Crippen LogP contribution in [0.3, 0.4) is 0 Å². The molecular weight excluding hydrogens is 508 g/mol. The summed E-state index contributed by atoms with van der Waals surface area (Å²) >= 11 is 6.78. The Labute approximate surface area is 228 Å². The average molecular weight is 545 g/mol. The summed E-state index contributed by atoms with van der Waals surface area (Å²) in [5.41, 5.74) is 0.870. The molecule has 1 aromatic heterocycles. The molecule has 3 heterocycles. The van der Waals surface area contributed by atoms with Crippen LogP contribution < -0.4 is 10.5 Å². The number of nitrogens with zero attached hydrogens (tertiary/aromatic N) is 4. The van der Waals surface area contributed by atoms with E-state index in [1.165, 1.54) is 11.8 Å². The van der Waals surface area contributed by atoms with Crippen molar-refractivity contribution >= 4 is 52.1 Å². The predicted molar refractivity (Wildman–Crippen MR) is 151 cm³/mol. The molecule has 10 heteroatoms. The van der Waals surface area contributed by atoms with Crippen LogP contribution in [-0.2, 0) is 20.9 Å². The van der Waals surface area contributed by atoms with Crippen molar-refractivity contribution in [3.05, 3.63) is 31.9 Å². The van der Waals surface area contributed by atoms with Crippen LogP contribution in [-0.4, -0.2) is 51.9 Å². The molecule has 1 aromatic rings. The van der Waals surface area contributed by atoms with Crippen molar-refractivity contribution in [2.24, 2.45) is 5.92 Å². The van der Waals surface area contributed by atoms with E-state index < -0.39 is 0 Å². The molecular formula is C27H36N4O4S2. The first kappa shape index (κ1) is 28.9. The fourth-order valence-electron chi connectivity index (χ4n) is 4.92. The molecule has 8 nitrogen and oxygen atoms in total. The first-order valence-corrected chi connectivity index (χ1v) is 14.4. The number of rotatable bonds is 10. The van der Waals surface area contributed by atoms with Crippen LogP contribution >= 0.6 is 24.0 Å². The fraction of sp³-hybridized carbons (Fsp3) is 0.593. The molecule has 3 rings (SSSR count). The number of carbonyl (C=O) groups is 2. The Morgan fingerprint density at radius 3 is 2.65 bits per heavy atom. The molecule has 2 aliphatic heterocycles. The molecule has 0 saturated carbocycles. The Morgan fingerprint density at radius 2 is 2.00 bits per heavy atom. The summed E-state index contributed by atoms with van der Waals surface area (Å²) in [6.45, 7) is 9.84. The molecule has 1 unspecified atom stereocenters. The zero-order valence-electron chi connectivity index (χ0n) is 22.2. The molecule has 2 saturated heterocycles. The molecule has 0 aromatic carbocycles. The molecule has 0 bridgehead atoms. The smallest absolute Gasteiger partial charge is 0.310 e. The van der Waals surface area contributed by atoms with E-state index in [2.05, 4.69) is 13.0 Å². The summed E-state index contributed by atoms with van der Waals surface area (Å²) in [6.07, 6.45) is 7.41. The van der Waals surface area contributed by atoms with Crippen molar-refractivity contribution in [3.63, 3.8) is 0 Å². The maximum atomic E-state index is 13.3. The van der Waals surface area contributed by atoms with Gasteiger partial charge in [0.2, 0.25) is 0 Å². The second-order valence-corrected chi connectivity index (χ2v) is 11.0. The Hall–Kier alpha value is -2.64. The fourth-order valence-corrected chi connectivity index (χ4v) is 6.21. The Kier molecular flexibility index (Phi) is 10.4. The largest absolute Gasteiger partial charge is 0.466 e. The van der Waals surface area contributed by atoms with Gasteiger partial charge in [0.15, 0.2) is 0 Å². The lowest BCUT2D eigenvalue weighted by Crippen LogP contribution is -2.43. The number of nitriles is 1. The molecule has 0 N–H and O–H groups in total. The molecule has 1 amide bonds. The van der Waals surface area contributed by atoms with Crippen LogP contribution in [0.25, 0.3) is 6.08 Å². The standard InChI is InChI=1S/C27H36N4O4S2/c1-5-8-9-10-14-31-25(33)22(37-27(31)36)15-20-18(4)21(16-28)24(32)30(6-2)23(20)29-13-11-12-19(17-29)26(34)35-7-3/h15,19H,5-14,17H2,1-4H3/b22-15+. The van der Waals surface area contributed by atoms with Crippen LogP contribution in [0.2, 0.25) is 0 Å². The molecule has 2 aliphatic rings. The topological polar surface area (TPSA) is 95.6 Å². The zero-order chi connectivity index (χ0) is 27.1. The van der Waals surface area contributed by atoms with Gasteiger partial charge in [-0.1, -0.05) is 50.2 Å². The zero-order valence-corrected chi connectivity index (χ0v) is 23.8. The average Bonchev–Trinajstić information content (AvgIpc) is 3.15. The highest BCUT2D eigenvalue weighted by molar-refractivity contribution is 8.26. The summed E-state index contributed by atoms with van der Waals surface area (Å²) < 4.78 is 7.38. The lowest BCUT2D eigenvalue weighted by molar-refractivity contribution is -0.148. The number of esters is 1. The van der Waals surface area contributed by atoms with Crippen molar-refractivity contribution in [1.29, 1.82) is 5.26 Å². The third-order valence-corrected chi connectivity index (χ3v) is 8.27. The van der Waals surface area contributed by atoms with Gasteiger partial charge in [0, 0.05) is 31.7 Å². The summed E-state index contributed by atoms with van der Waals surface area (Å²) in [5, 5.41) is 9.80. The second-order valence-electron chi connectivity index (χ2n) is 9.33. The van der Waals surface area contributed by atoms with Crippen LogP contribution in [0, 0.1) is 24.2 Å². The molecule has 1 atom stereocenters. The minimum atomic E-state index is -0.364. The summed E-state index contributed by atoms with van der Waals surface area (Å²) in [7, 11) is 0. The van der Waals surface area contributed by atoms with Crippen LogP contribution in [0.1, 0.15) is 76.0 Å². The number of thiocarbonyl (C=S) groups is 1. The van der Waals surface area contributed by atoms with Gasteiger partial charge in [-0.15, -0.1) is 0 Å². The van der Waals surface area contributed by atoms with Gasteiger partial charge < -0.3 is 9.64 Å². The van der Waals surface area contributed by atoms with Crippen molar-refractivity contribution < 1.29 is 14.3 Å². The number of aromatic nitrogens is 1. The van der Waals surface area contributed by atoms with Crippen molar-refractivity contribution in [1.82, 2.24) is 9.47 Å². The number of thioether (sulfide) groups is 1. The molecule has 37 heavy (non-hydrogen) atoms. The molecule has 2 fully saturated rings. The normalized spacial score (nSPS) is 19.0. The number of carbonyl (C=O) groups excluding carboxylic acids is 2. The molecule has 0 radical (unpaired) electrons. The van der Waals surface area contributed by atoms with Gasteiger partial charge in [-0.3, -0.25) is 23.9 Å². The first-order valence-electron chi connectivity index (χ1n) is 13.1. The minimum Gasteiger partial charge on any atom is -0.466 e. The second kappa shape index (κ2) is 13.2. The highest BCUT2D eigenvalue weighted by Gasteiger charge is 2.34. The van der Waals surface area contributed by atoms with E-state index in [1.807, 2.05) is 11.8 Å². The third-order valence-electron chi connectivity index (χ3n) is 6.89. The van der Waals surface area contributed by atoms with E-state index in [9.17, 15) is 19.6 Å². The maximum absolute atomic E-state index is 13.3. The molecule has 0 aliphatic carbocycles. The van der Waals surface area contributed by atoms with Crippen LogP contribution in [0.15, 0.2) is 9.70 Å². The Balaban J connectivity index is 2.07. The van der Waals surface area contributed by atoms with E-state index in [-0.39, 0.29) is 28.9 Å². The number of ether oxygens (including phenoxy) is 1. The van der Waals surface area contributed by atoms with Crippen LogP contribution in [0.5, 0.6) is 0 Å². The summed E-state index contributed by atoms with van der Waals surface area (Å²) in [4.78, 5) is 43.3. The highest BCUT2D eigenvalue weighted by Crippen LogP contribution is 2.37. The van der Waals surface area contributed by atoms with Gasteiger partial charge in [0.25, 0.3) is 11.5 Å². The molecule has 0 spiro atoms. The summed E-state index contributed by atoms with van der Waals surface area (Å²) in [6, 6.07) is 2.06. The van der Waals surface area contributed by atoms with E-state index >= 15 is 0 Å². The highest BCUT2D eigenvalue weighted by atomic mass is 32.2. The monoisotopic (exact) mass is 544 g/mol. The Bertz CT molecular complexity index is 1180. The van der Waals surface area contributed by atoms with Crippen molar-refractivity contribution in [2.45, 2.75) is 72.8 Å². The van der Waals surface area contributed by atoms with E-state index in [0.29, 0.717) is 65.4 Å². The predicted octanol–water partition coefficient (Wildman–Crippen LogP) is 4.61. The van der Waals surface area contributed by atoms with Crippen molar-refractivity contribution in [2.75, 3.05) is 31.1 Å². The van der Waals surface area contributed by atoms with Gasteiger partial charge in [0.05, 0.1) is 17.4 Å². The number of amides is 1. The van der Waals surface area contributed by atoms with Gasteiger partial charge in [-0.05, 0) is 51.7 Å². The lowest BCUT2D eigenvalue weighted by atomic mass is 9.96. The SMILES string of the molecule is CCCCCCN1C(=O)/C(=C\c2c(C)c(C#N)c(=O)n(CC)c2N2CCCC(C(=O)OCC)C2)SC1=S. The number of hydrogen-bond acceptors (Lipinski definition) is 8. The number of pyridine rings is 1. The Morgan fingerprint density at radius 1 is 1.24 bits per heavy atom. The van der Waals surface area contributed by atoms with Gasteiger partial charge in [0.1, 0.15) is 21.8 Å². The quantitative estimate of drug-likeness (QED) is 0.182. The van der Waals surface area contributed by atoms with Crippen LogP contribution in [0.4, 0.5) is 5.82 Å². The molecule has 200 valence electrons. The lowest BCUT2D eigenvalue weighted by Gasteiger charge is -2.36. The van der Waals surface area contributed by atoms with Gasteiger partial charge >= 0.3 is 5.97 Å². The van der Waals surface area contributed by atoms with E-state index in [4.69, 9.17) is 17.0 Å².